The molecule has 0 saturated carbocycles. The Morgan fingerprint density at radius 1 is 1.61 bits per heavy atom. The average molecular weight is 250 g/mol. The first-order valence-corrected chi connectivity index (χ1v) is 6.07. The number of anilines is 1. The van der Waals surface area contributed by atoms with E-state index in [4.69, 9.17) is 10.5 Å². The van der Waals surface area contributed by atoms with E-state index in [2.05, 4.69) is 5.32 Å². The number of ether oxygens (including phenoxy) is 1. The molecular weight excluding hydrogens is 232 g/mol. The number of nitrogens with one attached hydrogen (secondary N) is 1. The van der Waals surface area contributed by atoms with E-state index in [-0.39, 0.29) is 29.0 Å². The van der Waals surface area contributed by atoms with Gasteiger partial charge in [-0.3, -0.25) is 4.79 Å². The number of carbonyl (C=O) groups excluding carboxylic acids is 1. The molecule has 1 aromatic rings. The van der Waals surface area contributed by atoms with E-state index in [1.54, 1.807) is 18.2 Å². The number of nitrogen functional groups attached to an aromatic ring is 1. The largest absolute Gasteiger partial charge is 0.505 e. The summed E-state index contributed by atoms with van der Waals surface area (Å²) in [6.45, 7) is 3.29. The molecule has 0 aliphatic carbocycles. The van der Waals surface area contributed by atoms with Crippen molar-refractivity contribution < 1.29 is 14.6 Å². The zero-order valence-corrected chi connectivity index (χ0v) is 10.3. The molecule has 0 spiro atoms. The van der Waals surface area contributed by atoms with Crippen LogP contribution < -0.4 is 11.1 Å². The number of hydrogen-bond acceptors (Lipinski definition) is 4. The Morgan fingerprint density at radius 2 is 2.39 bits per heavy atom. The first-order chi connectivity index (χ1) is 8.59. The number of phenolic OH excluding ortho intramolecular Hbond substituents is 1. The molecule has 1 aliphatic heterocycles. The molecule has 0 radical (unpaired) electrons. The van der Waals surface area contributed by atoms with Crippen LogP contribution in [0.5, 0.6) is 5.75 Å². The standard InChI is InChI=1S/C13H18N2O3/c1-8-9(5-6-18-8)7-15-13(17)10-3-2-4-11(14)12(10)16/h2-4,8-9,16H,5-7,14H2,1H3,(H,15,17). The fourth-order valence-electron chi connectivity index (χ4n) is 2.11. The summed E-state index contributed by atoms with van der Waals surface area (Å²) < 4.78 is 5.43. The summed E-state index contributed by atoms with van der Waals surface area (Å²) >= 11 is 0. The summed E-state index contributed by atoms with van der Waals surface area (Å²) in [6.07, 6.45) is 1.12. The van der Waals surface area contributed by atoms with E-state index in [0.29, 0.717) is 12.5 Å². The third kappa shape index (κ3) is 2.56. The minimum Gasteiger partial charge on any atom is -0.505 e. The highest BCUT2D eigenvalue weighted by molar-refractivity contribution is 5.98. The summed E-state index contributed by atoms with van der Waals surface area (Å²) in [5, 5.41) is 12.5. The Bertz CT molecular complexity index is 448. The maximum absolute atomic E-state index is 11.9. The zero-order chi connectivity index (χ0) is 13.1. The van der Waals surface area contributed by atoms with Gasteiger partial charge in [0.1, 0.15) is 0 Å². The van der Waals surface area contributed by atoms with E-state index in [1.807, 2.05) is 6.92 Å². The van der Waals surface area contributed by atoms with Crippen molar-refractivity contribution in [1.29, 1.82) is 0 Å². The highest BCUT2D eigenvalue weighted by Gasteiger charge is 2.25. The molecule has 2 rings (SSSR count). The molecule has 18 heavy (non-hydrogen) atoms. The van der Waals surface area contributed by atoms with Crippen LogP contribution >= 0.6 is 0 Å². The predicted molar refractivity (Wildman–Crippen MR) is 68.4 cm³/mol. The molecule has 5 nitrogen and oxygen atoms in total. The second-order valence-corrected chi connectivity index (χ2v) is 4.58. The number of para-hydroxylation sites is 1. The summed E-state index contributed by atoms with van der Waals surface area (Å²) in [5.74, 6) is -0.137. The lowest BCUT2D eigenvalue weighted by atomic mass is 10.0. The van der Waals surface area contributed by atoms with Crippen molar-refractivity contribution >= 4 is 11.6 Å². The third-order valence-corrected chi connectivity index (χ3v) is 3.37. The van der Waals surface area contributed by atoms with Crippen LogP contribution in [-0.2, 0) is 4.74 Å². The molecular formula is C13H18N2O3. The maximum atomic E-state index is 11.9. The fourth-order valence-corrected chi connectivity index (χ4v) is 2.11. The first kappa shape index (κ1) is 12.7. The number of carbonyl (C=O) groups is 1. The van der Waals surface area contributed by atoms with E-state index < -0.39 is 0 Å². The van der Waals surface area contributed by atoms with Gasteiger partial charge in [-0.15, -0.1) is 0 Å². The molecule has 2 unspecified atom stereocenters. The molecule has 1 aromatic carbocycles. The summed E-state index contributed by atoms with van der Waals surface area (Å²) in [7, 11) is 0. The molecule has 1 heterocycles. The van der Waals surface area contributed by atoms with Gasteiger partial charge in [-0.2, -0.15) is 0 Å². The van der Waals surface area contributed by atoms with Crippen LogP contribution in [0.25, 0.3) is 0 Å². The molecule has 1 saturated heterocycles. The van der Waals surface area contributed by atoms with E-state index >= 15 is 0 Å². The Hall–Kier alpha value is -1.75. The first-order valence-electron chi connectivity index (χ1n) is 6.07. The number of aromatic hydroxyl groups is 1. The lowest BCUT2D eigenvalue weighted by molar-refractivity contribution is 0.0905. The molecule has 1 aliphatic rings. The lowest BCUT2D eigenvalue weighted by Crippen LogP contribution is -2.32. The van der Waals surface area contributed by atoms with Gasteiger partial charge < -0.3 is 20.9 Å². The van der Waals surface area contributed by atoms with Gasteiger partial charge in [0, 0.05) is 19.1 Å². The maximum Gasteiger partial charge on any atom is 0.255 e. The molecule has 98 valence electrons. The Balaban J connectivity index is 1.97. The van der Waals surface area contributed by atoms with E-state index in [9.17, 15) is 9.90 Å². The number of hydrogen-bond donors (Lipinski definition) is 3. The van der Waals surface area contributed by atoms with Gasteiger partial charge in [-0.25, -0.2) is 0 Å². The molecule has 0 aromatic heterocycles. The van der Waals surface area contributed by atoms with Crippen LogP contribution in [0.3, 0.4) is 0 Å². The number of rotatable bonds is 3. The lowest BCUT2D eigenvalue weighted by Gasteiger charge is -2.15. The minimum atomic E-state index is -0.307. The Labute approximate surface area is 106 Å². The van der Waals surface area contributed by atoms with Gasteiger partial charge in [0.25, 0.3) is 5.91 Å². The minimum absolute atomic E-state index is 0.161. The smallest absolute Gasteiger partial charge is 0.255 e. The van der Waals surface area contributed by atoms with Gasteiger partial charge in [-0.05, 0) is 25.5 Å². The van der Waals surface area contributed by atoms with Crippen LogP contribution in [-0.4, -0.2) is 30.3 Å². The Kier molecular flexibility index (Phi) is 3.72. The van der Waals surface area contributed by atoms with Gasteiger partial charge >= 0.3 is 0 Å². The van der Waals surface area contributed by atoms with Gasteiger partial charge in [-0.1, -0.05) is 6.07 Å². The van der Waals surface area contributed by atoms with Crippen molar-refractivity contribution in [2.75, 3.05) is 18.9 Å². The number of phenols is 1. The van der Waals surface area contributed by atoms with Crippen molar-refractivity contribution in [1.82, 2.24) is 5.32 Å². The SMILES string of the molecule is CC1OCCC1CNC(=O)c1cccc(N)c1O. The quantitative estimate of drug-likeness (QED) is 0.554. The van der Waals surface area contributed by atoms with Crippen molar-refractivity contribution in [2.45, 2.75) is 19.4 Å². The van der Waals surface area contributed by atoms with Crippen molar-refractivity contribution in [3.63, 3.8) is 0 Å². The van der Waals surface area contributed by atoms with Gasteiger partial charge in [0.05, 0.1) is 17.4 Å². The van der Waals surface area contributed by atoms with Crippen molar-refractivity contribution in [2.24, 2.45) is 5.92 Å². The van der Waals surface area contributed by atoms with Crippen LogP contribution in [0.2, 0.25) is 0 Å². The summed E-state index contributed by atoms with van der Waals surface area (Å²) in [6, 6.07) is 4.75. The number of nitrogens with two attached hydrogens (primary N) is 1. The van der Waals surface area contributed by atoms with E-state index in [1.165, 1.54) is 0 Å². The van der Waals surface area contributed by atoms with Crippen LogP contribution in [0, 0.1) is 5.92 Å². The average Bonchev–Trinajstić information content (AvgIpc) is 2.75. The van der Waals surface area contributed by atoms with Crippen LogP contribution in [0.15, 0.2) is 18.2 Å². The molecule has 4 N–H and O–H groups in total. The van der Waals surface area contributed by atoms with E-state index in [0.717, 1.165) is 13.0 Å². The highest BCUT2D eigenvalue weighted by atomic mass is 16.5. The van der Waals surface area contributed by atoms with Crippen molar-refractivity contribution in [3.05, 3.63) is 23.8 Å². The number of benzene rings is 1. The highest BCUT2D eigenvalue weighted by Crippen LogP contribution is 2.24. The third-order valence-electron chi connectivity index (χ3n) is 3.37. The predicted octanol–water partition coefficient (Wildman–Crippen LogP) is 1.13. The molecule has 0 bridgehead atoms. The molecule has 2 atom stereocenters. The van der Waals surface area contributed by atoms with Gasteiger partial charge in [0.15, 0.2) is 5.75 Å². The normalized spacial score (nSPS) is 22.9. The molecule has 1 amide bonds. The number of amides is 1. The summed E-state index contributed by atoms with van der Waals surface area (Å²) in [4.78, 5) is 11.9. The Morgan fingerprint density at radius 3 is 3.06 bits per heavy atom. The zero-order valence-electron chi connectivity index (χ0n) is 10.3. The van der Waals surface area contributed by atoms with Gasteiger partial charge in [0.2, 0.25) is 0 Å². The monoisotopic (exact) mass is 250 g/mol. The topological polar surface area (TPSA) is 84.6 Å². The molecule has 1 fully saturated rings. The van der Waals surface area contributed by atoms with Crippen LogP contribution in [0.1, 0.15) is 23.7 Å². The van der Waals surface area contributed by atoms with Crippen LogP contribution in [0.4, 0.5) is 5.69 Å². The second-order valence-electron chi connectivity index (χ2n) is 4.58. The second kappa shape index (κ2) is 5.27. The fraction of sp³-hybridized carbons (Fsp3) is 0.462. The molecule has 5 heteroatoms. The summed E-state index contributed by atoms with van der Waals surface area (Å²) in [5.41, 5.74) is 5.97. The van der Waals surface area contributed by atoms with Crippen molar-refractivity contribution in [3.8, 4) is 5.75 Å².